The number of anilines is 1. The number of benzene rings is 2. The molecule has 0 radical (unpaired) electrons. The van der Waals surface area contributed by atoms with E-state index >= 15 is 0 Å². The van der Waals surface area contributed by atoms with Crippen molar-refractivity contribution in [2.45, 2.75) is 63.4 Å². The predicted molar refractivity (Wildman–Crippen MR) is 251 cm³/mol. The van der Waals surface area contributed by atoms with Gasteiger partial charge in [0.15, 0.2) is 45.8 Å². The topological polar surface area (TPSA) is 460 Å². The van der Waals surface area contributed by atoms with Gasteiger partial charge in [-0.2, -0.15) is 4.31 Å². The van der Waals surface area contributed by atoms with Gasteiger partial charge < -0.3 is 75.7 Å². The van der Waals surface area contributed by atoms with Crippen LogP contribution in [0.3, 0.4) is 0 Å². The van der Waals surface area contributed by atoms with E-state index in [4.69, 9.17) is 34.1 Å². The van der Waals surface area contributed by atoms with Gasteiger partial charge in [-0.1, -0.05) is 31.7 Å². The maximum atomic E-state index is 12.7. The highest BCUT2D eigenvalue weighted by Crippen LogP contribution is 2.61. The summed E-state index contributed by atoms with van der Waals surface area (Å²) in [6.07, 6.45) is -7.83. The smallest absolute Gasteiger partial charge is 0.481 e. The number of phosphoric ester groups is 3. The Labute approximate surface area is 418 Å². The third-order valence-corrected chi connectivity index (χ3v) is 14.0. The molecule has 0 saturated carbocycles. The molecule has 0 bridgehead atoms. The Morgan fingerprint density at radius 1 is 0.932 bits per heavy atom. The lowest BCUT2D eigenvalue weighted by atomic mass is 9.87. The molecule has 404 valence electrons. The quantitative estimate of drug-likeness (QED) is 0.0247. The summed E-state index contributed by atoms with van der Waals surface area (Å²) in [4.78, 5) is 98.4. The summed E-state index contributed by atoms with van der Waals surface area (Å²) in [5, 5.41) is 55.1. The van der Waals surface area contributed by atoms with Crippen LogP contribution in [0, 0.1) is 5.41 Å². The van der Waals surface area contributed by atoms with Crippen LogP contribution in [0.2, 0.25) is 0 Å². The van der Waals surface area contributed by atoms with E-state index in [1.54, 1.807) is 0 Å². The zero-order chi connectivity index (χ0) is 54.5. The fourth-order valence-corrected chi connectivity index (χ4v) is 9.84. The number of aliphatic hydroxyl groups excluding tert-OH is 3. The van der Waals surface area contributed by atoms with Gasteiger partial charge in [-0.15, -0.1) is 0 Å². The second-order valence-electron chi connectivity index (χ2n) is 16.0. The van der Waals surface area contributed by atoms with E-state index in [0.29, 0.717) is 23.2 Å². The van der Waals surface area contributed by atoms with Gasteiger partial charge in [-0.25, -0.2) is 28.6 Å². The Kier molecular flexibility index (Phi) is 21.8. The summed E-state index contributed by atoms with van der Waals surface area (Å²) in [6, 6.07) is 8.58. The minimum atomic E-state index is -5.60. The zero-order valence-electron chi connectivity index (χ0n) is 39.0. The van der Waals surface area contributed by atoms with E-state index in [0.717, 1.165) is 29.0 Å². The normalized spacial score (nSPS) is 19.3. The van der Waals surface area contributed by atoms with Gasteiger partial charge in [0, 0.05) is 42.7 Å². The van der Waals surface area contributed by atoms with E-state index in [9.17, 15) is 72.9 Å². The third kappa shape index (κ3) is 18.0. The molecule has 30 nitrogen and oxygen atoms in total. The number of nitrogens with one attached hydrogen (secondary N) is 2. The highest BCUT2D eigenvalue weighted by Gasteiger charge is 2.50. The first kappa shape index (κ1) is 60.4. The molecule has 3 heterocycles. The first-order valence-electron chi connectivity index (χ1n) is 21.0. The lowest BCUT2D eigenvalue weighted by Gasteiger charge is -2.30. The van der Waals surface area contributed by atoms with Crippen LogP contribution in [0.4, 0.5) is 5.82 Å². The van der Waals surface area contributed by atoms with Crippen LogP contribution in [-0.4, -0.2) is 159 Å². The number of imidazole rings is 1. The molecule has 0 aliphatic carbocycles. The lowest BCUT2D eigenvalue weighted by Crippen LogP contribution is -2.46. The Morgan fingerprint density at radius 3 is 2.22 bits per heavy atom. The number of hydrogen-bond donors (Lipinski definition) is 12. The minimum Gasteiger partial charge on any atom is -0.504 e. The van der Waals surface area contributed by atoms with E-state index in [1.807, 2.05) is 0 Å². The fraction of sp³-hybridized carbons (Fsp3) is 0.462. The Bertz CT molecular complexity index is 2710. The average molecular weight is 1110 g/mol. The van der Waals surface area contributed by atoms with Crippen molar-refractivity contribution in [1.82, 2.24) is 30.2 Å². The Balaban J connectivity index is 0.000000925. The highest BCUT2D eigenvalue weighted by atomic mass is 32.2. The van der Waals surface area contributed by atoms with E-state index < -0.39 is 90.7 Å². The molecule has 0 spiro atoms. The SMILES string of the molecule is COc1cc(C(O)CC(=O)SCCNC(=O)CCNC(=O)[C@H](O)C(C)(C)COP(=O)(O)OP(=O)(O)OC[C@H]2O[C@@H](n3cnc4c(N)ncnc43)[C@H](O)[C@@H]2OP(=O)(O)O)ccc1O.COc1cc(C=O)ccc1O. The number of thioether (sulfide) groups is 1. The maximum Gasteiger partial charge on any atom is 0.481 e. The van der Waals surface area contributed by atoms with Gasteiger partial charge in [-0.05, 0) is 35.9 Å². The van der Waals surface area contributed by atoms with Gasteiger partial charge in [0.1, 0.15) is 42.5 Å². The van der Waals surface area contributed by atoms with Crippen LogP contribution in [0.1, 0.15) is 54.9 Å². The number of phenols is 2. The number of carbonyl (C=O) groups is 4. The van der Waals surface area contributed by atoms with Crippen LogP contribution in [0.5, 0.6) is 23.0 Å². The molecule has 2 aromatic carbocycles. The largest absolute Gasteiger partial charge is 0.504 e. The zero-order valence-corrected chi connectivity index (χ0v) is 42.5. The van der Waals surface area contributed by atoms with Crippen molar-refractivity contribution in [1.29, 1.82) is 0 Å². The number of carbonyl (C=O) groups excluding carboxylic acids is 4. The maximum absolute atomic E-state index is 12.7. The lowest BCUT2D eigenvalue weighted by molar-refractivity contribution is -0.137. The van der Waals surface area contributed by atoms with Crippen molar-refractivity contribution in [3.8, 4) is 23.0 Å². The molecule has 1 fully saturated rings. The number of nitrogen functional groups attached to an aromatic ring is 1. The van der Waals surface area contributed by atoms with E-state index in [-0.39, 0.29) is 71.0 Å². The molecule has 13 N–H and O–H groups in total. The molecule has 1 saturated heterocycles. The molecule has 8 atom stereocenters. The van der Waals surface area contributed by atoms with Crippen molar-refractivity contribution in [2.24, 2.45) is 5.41 Å². The number of fused-ring (bicyclic) bond motifs is 1. The summed E-state index contributed by atoms with van der Waals surface area (Å²) in [5.41, 5.74) is 5.04. The summed E-state index contributed by atoms with van der Waals surface area (Å²) in [5.74, 6) is -1.07. The molecule has 34 heteroatoms. The molecule has 2 aromatic heterocycles. The van der Waals surface area contributed by atoms with Crippen LogP contribution in [0.25, 0.3) is 11.2 Å². The first-order chi connectivity index (χ1) is 34.1. The first-order valence-corrected chi connectivity index (χ1v) is 26.5. The second kappa shape index (κ2) is 26.4. The second-order valence-corrected chi connectivity index (χ2v) is 21.4. The molecule has 4 aromatic rings. The van der Waals surface area contributed by atoms with E-state index in [2.05, 4.69) is 34.4 Å². The van der Waals surface area contributed by atoms with Gasteiger partial charge in [0.25, 0.3) is 0 Å². The number of aromatic hydroxyl groups is 2. The van der Waals surface area contributed by atoms with Crippen LogP contribution in [0.15, 0.2) is 49.1 Å². The molecule has 2 amide bonds. The standard InChI is InChI=1S/C31H46N7O20P3S.C8H8O3/c1-31(2,26(44)29(45)34-7-6-21(41)33-8-9-62-22(42)11-18(40)16-4-5-17(39)19(10-16)53-3)13-55-61(51,52)58-60(49,50)54-12-20-25(57-59(46,47)48)24(43)30(56-20)38-15-37-23-27(32)35-14-36-28(23)38;1-11-8-4-6(5-9)2-3-7(8)10/h4-5,10,14-15,18,20,24-26,30,39-40,43-44H,6-9,11-13H2,1-3H3,(H,33,41)(H,34,45)(H,49,50)(H,51,52)(H2,32,35,36)(H2,46,47,48);2-5,10H,1H3/t18?,20-,24-,25-,26+,30-;/m1./s1. The van der Waals surface area contributed by atoms with Gasteiger partial charge >= 0.3 is 23.5 Å². The van der Waals surface area contributed by atoms with Crippen molar-refractivity contribution in [2.75, 3.05) is 52.0 Å². The minimum absolute atomic E-state index is 0.0182. The van der Waals surface area contributed by atoms with Crippen molar-refractivity contribution < 1.29 is 110 Å². The van der Waals surface area contributed by atoms with Gasteiger partial charge in [0.2, 0.25) is 11.8 Å². The number of hydrogen-bond acceptors (Lipinski definition) is 24. The molecule has 73 heavy (non-hydrogen) atoms. The summed E-state index contributed by atoms with van der Waals surface area (Å²) < 4.78 is 71.9. The number of ether oxygens (including phenoxy) is 3. The number of nitrogens with zero attached hydrogens (tertiary/aromatic N) is 4. The summed E-state index contributed by atoms with van der Waals surface area (Å²) >= 11 is 0.866. The van der Waals surface area contributed by atoms with Crippen LogP contribution < -0.4 is 25.8 Å². The molecule has 3 unspecified atom stereocenters. The molecule has 5 rings (SSSR count). The average Bonchev–Trinajstić information content (AvgIpc) is 3.88. The number of phenolic OH excluding ortho intramolecular Hbond substituents is 2. The molecule has 1 aliphatic rings. The monoisotopic (exact) mass is 1110 g/mol. The number of rotatable bonds is 25. The Morgan fingerprint density at radius 2 is 1.58 bits per heavy atom. The van der Waals surface area contributed by atoms with Crippen molar-refractivity contribution in [3.05, 3.63) is 60.2 Å². The number of aromatic nitrogens is 4. The fourth-order valence-electron chi connectivity index (χ4n) is 6.30. The third-order valence-electron chi connectivity index (χ3n) is 10.1. The number of methoxy groups -OCH3 is 2. The molecular weight excluding hydrogens is 1060 g/mol. The predicted octanol–water partition coefficient (Wildman–Crippen LogP) is 0.716. The number of aldehydes is 1. The number of amides is 2. The van der Waals surface area contributed by atoms with Crippen LogP contribution >= 0.6 is 35.2 Å². The van der Waals surface area contributed by atoms with E-state index in [1.165, 1.54) is 64.5 Å². The molecular formula is C39H54N7O23P3S. The van der Waals surface area contributed by atoms with Gasteiger partial charge in [0.05, 0.1) is 39.9 Å². The summed E-state index contributed by atoms with van der Waals surface area (Å²) in [7, 11) is -13.7. The number of phosphoric acid groups is 3. The molecule has 1 aliphatic heterocycles. The van der Waals surface area contributed by atoms with Crippen molar-refractivity contribution in [3.63, 3.8) is 0 Å². The van der Waals surface area contributed by atoms with Gasteiger partial charge in [-0.3, -0.25) is 37.3 Å². The summed E-state index contributed by atoms with van der Waals surface area (Å²) in [6.45, 7) is 0.183. The van der Waals surface area contributed by atoms with Crippen molar-refractivity contribution >= 4 is 75.4 Å². The highest BCUT2D eigenvalue weighted by molar-refractivity contribution is 8.13. The number of aliphatic hydroxyl groups is 3. The van der Waals surface area contributed by atoms with Crippen LogP contribution in [-0.2, 0) is 50.7 Å². The number of nitrogens with two attached hydrogens (primary N) is 1. The Hall–Kier alpha value is -5.17.